The number of nitrogens with one attached hydrogen (secondary N) is 1. The third-order valence-corrected chi connectivity index (χ3v) is 8.01. The quantitative estimate of drug-likeness (QED) is 0.407. The molecule has 1 N–H and O–H groups in total. The van der Waals surface area contributed by atoms with Crippen LogP contribution in [0.2, 0.25) is 5.02 Å². The predicted molar refractivity (Wildman–Crippen MR) is 119 cm³/mol. The Balaban J connectivity index is 1.62. The Morgan fingerprint density at radius 1 is 1.17 bits per heavy atom. The first-order valence-corrected chi connectivity index (χ1v) is 12.4. The molecule has 1 saturated carbocycles. The molecular weight excluding hydrogens is 532 g/mol. The van der Waals surface area contributed by atoms with Crippen LogP contribution in [-0.2, 0) is 9.84 Å². The lowest BCUT2D eigenvalue weighted by Gasteiger charge is -2.18. The minimum atomic E-state index is -4.36. The third kappa shape index (κ3) is 4.95. The summed E-state index contributed by atoms with van der Waals surface area (Å²) in [5, 5.41) is 3.41. The fourth-order valence-electron chi connectivity index (χ4n) is 3.44. The van der Waals surface area contributed by atoms with Crippen LogP contribution in [0.15, 0.2) is 58.6 Å². The van der Waals surface area contributed by atoms with Gasteiger partial charge in [-0.2, -0.15) is 13.2 Å². The maximum absolute atomic E-state index is 13.3. The molecule has 0 saturated heterocycles. The molecular formula is C21H17Cl2F3N4O4S. The van der Waals surface area contributed by atoms with Crippen molar-refractivity contribution >= 4 is 39.1 Å². The zero-order chi connectivity index (χ0) is 25.4. The fraction of sp³-hybridized carbons (Fsp3) is 0.286. The van der Waals surface area contributed by atoms with Crippen LogP contribution in [0.3, 0.4) is 0 Å². The van der Waals surface area contributed by atoms with Gasteiger partial charge in [0.15, 0.2) is 10.8 Å². The number of amides is 1. The summed E-state index contributed by atoms with van der Waals surface area (Å²) in [6.45, 7) is -0.190. The summed E-state index contributed by atoms with van der Waals surface area (Å²) in [6.07, 6.45) is -2.93. The second-order valence-corrected chi connectivity index (χ2v) is 10.3. The van der Waals surface area contributed by atoms with Crippen molar-refractivity contribution in [3.8, 4) is 11.7 Å². The van der Waals surface area contributed by atoms with E-state index in [9.17, 15) is 26.4 Å². The Kier molecular flexibility index (Phi) is 6.73. The van der Waals surface area contributed by atoms with E-state index in [0.29, 0.717) is 0 Å². The van der Waals surface area contributed by atoms with Crippen molar-refractivity contribution < 1.29 is 31.1 Å². The van der Waals surface area contributed by atoms with Crippen LogP contribution < -0.4 is 9.57 Å². The molecule has 1 fully saturated rings. The summed E-state index contributed by atoms with van der Waals surface area (Å²) in [5.41, 5.74) is -2.02. The Morgan fingerprint density at radius 2 is 1.89 bits per heavy atom. The summed E-state index contributed by atoms with van der Waals surface area (Å²) in [4.78, 5) is 17.9. The monoisotopic (exact) mass is 548 g/mol. The number of halogens is 5. The molecule has 0 aliphatic heterocycles. The van der Waals surface area contributed by atoms with Crippen LogP contribution >= 0.6 is 23.4 Å². The number of hydrogen-bond donors (Lipinski definition) is 1. The minimum Gasteiger partial charge on any atom is -0.477 e. The second-order valence-electron chi connectivity index (χ2n) is 7.85. The zero-order valence-electron chi connectivity index (χ0n) is 17.7. The van der Waals surface area contributed by atoms with Gasteiger partial charge in [0.05, 0.1) is 27.5 Å². The largest absolute Gasteiger partial charge is 0.477 e. The summed E-state index contributed by atoms with van der Waals surface area (Å²) in [7, 11) is -4.36. The molecule has 186 valence electrons. The van der Waals surface area contributed by atoms with Gasteiger partial charge < -0.3 is 4.74 Å². The van der Waals surface area contributed by atoms with Crippen LogP contribution in [0.1, 0.15) is 29.6 Å². The van der Waals surface area contributed by atoms with E-state index in [-0.39, 0.29) is 53.0 Å². The second kappa shape index (κ2) is 9.32. The van der Waals surface area contributed by atoms with Gasteiger partial charge in [0.25, 0.3) is 5.91 Å². The normalized spacial score (nSPS) is 15.0. The molecule has 0 radical (unpaired) electrons. The number of carbonyl (C=O) groups excluding carboxylic acids is 1. The van der Waals surface area contributed by atoms with Gasteiger partial charge in [-0.1, -0.05) is 23.7 Å². The number of aromatic nitrogens is 3. The van der Waals surface area contributed by atoms with Crippen molar-refractivity contribution in [2.75, 3.05) is 6.61 Å². The van der Waals surface area contributed by atoms with Crippen molar-refractivity contribution in [1.29, 1.82) is 0 Å². The molecule has 2 aromatic heterocycles. The Labute approximate surface area is 208 Å². The van der Waals surface area contributed by atoms with E-state index >= 15 is 0 Å². The van der Waals surface area contributed by atoms with Crippen molar-refractivity contribution in [2.45, 2.75) is 35.4 Å². The van der Waals surface area contributed by atoms with Crippen LogP contribution in [0.25, 0.3) is 5.82 Å². The maximum Gasteiger partial charge on any atom is 0.394 e. The minimum absolute atomic E-state index is 0.00514. The Hall–Kier alpha value is -2.83. The third-order valence-electron chi connectivity index (χ3n) is 5.64. The van der Waals surface area contributed by atoms with Gasteiger partial charge in [-0.25, -0.2) is 18.1 Å². The lowest BCUT2D eigenvalue weighted by atomic mass is 10.0. The highest BCUT2D eigenvalue weighted by Crippen LogP contribution is 2.59. The Morgan fingerprint density at radius 3 is 2.51 bits per heavy atom. The van der Waals surface area contributed by atoms with Gasteiger partial charge in [0.1, 0.15) is 0 Å². The van der Waals surface area contributed by atoms with Crippen LogP contribution in [0.4, 0.5) is 13.2 Å². The summed E-state index contributed by atoms with van der Waals surface area (Å²) in [5.74, 6) is -0.868. The van der Waals surface area contributed by atoms with E-state index < -0.39 is 32.4 Å². The number of nitrogens with zero attached hydrogens (tertiary/aromatic N) is 3. The van der Waals surface area contributed by atoms with E-state index in [2.05, 4.69) is 10.1 Å². The topological polar surface area (TPSA) is 103 Å². The molecule has 8 nitrogen and oxygen atoms in total. The molecule has 4 rings (SSSR count). The highest BCUT2D eigenvalue weighted by Gasteiger charge is 2.62. The molecule has 35 heavy (non-hydrogen) atoms. The average Bonchev–Trinajstić information content (AvgIpc) is 3.48. The molecule has 3 aromatic rings. The first-order chi connectivity index (χ1) is 16.5. The Bertz CT molecular complexity index is 1370. The summed E-state index contributed by atoms with van der Waals surface area (Å²) >= 11 is 11.5. The first kappa shape index (κ1) is 25.3. The smallest absolute Gasteiger partial charge is 0.394 e. The summed E-state index contributed by atoms with van der Waals surface area (Å²) in [6, 6.07) is 9.58. The molecule has 0 atom stereocenters. The predicted octanol–water partition coefficient (Wildman–Crippen LogP) is 4.75. The summed E-state index contributed by atoms with van der Waals surface area (Å²) < 4.78 is 72.3. The average molecular weight is 549 g/mol. The fourth-order valence-corrected chi connectivity index (χ4v) is 5.44. The van der Waals surface area contributed by atoms with E-state index in [4.69, 9.17) is 28.1 Å². The maximum atomic E-state index is 13.3. The van der Waals surface area contributed by atoms with E-state index in [0.717, 1.165) is 0 Å². The molecule has 0 spiro atoms. The molecule has 1 aromatic carbocycles. The molecule has 2 heterocycles. The number of pyridine rings is 1. The van der Waals surface area contributed by atoms with Crippen LogP contribution in [0, 0.1) is 5.41 Å². The van der Waals surface area contributed by atoms with Gasteiger partial charge in [-0.15, -0.1) is 5.10 Å². The molecule has 1 amide bonds. The molecule has 1 aliphatic rings. The SMILES string of the molecule is O=C(NCl)c1ccc(-n2ccc(OCCC3(C(F)(F)F)CC3)n2)nc1S(=O)(=O)c1ccccc1Cl. The van der Waals surface area contributed by atoms with Gasteiger partial charge >= 0.3 is 6.18 Å². The van der Waals surface area contributed by atoms with E-state index in [1.54, 1.807) is 6.07 Å². The number of ether oxygens (including phenoxy) is 1. The van der Waals surface area contributed by atoms with Gasteiger partial charge in [0.2, 0.25) is 15.7 Å². The number of hydrogen-bond acceptors (Lipinski definition) is 6. The number of carbonyl (C=O) groups is 1. The van der Waals surface area contributed by atoms with Crippen molar-refractivity contribution in [3.05, 3.63) is 59.2 Å². The highest BCUT2D eigenvalue weighted by molar-refractivity contribution is 7.91. The molecule has 14 heteroatoms. The highest BCUT2D eigenvalue weighted by atomic mass is 35.5. The number of benzene rings is 1. The first-order valence-electron chi connectivity index (χ1n) is 10.2. The van der Waals surface area contributed by atoms with E-state index in [1.807, 2.05) is 4.84 Å². The lowest BCUT2D eigenvalue weighted by Crippen LogP contribution is -2.26. The lowest BCUT2D eigenvalue weighted by molar-refractivity contribution is -0.190. The van der Waals surface area contributed by atoms with E-state index in [1.165, 1.54) is 47.3 Å². The molecule has 1 aliphatic carbocycles. The zero-order valence-corrected chi connectivity index (χ0v) is 20.0. The van der Waals surface area contributed by atoms with Crippen LogP contribution in [0.5, 0.6) is 5.88 Å². The van der Waals surface area contributed by atoms with Crippen molar-refractivity contribution in [3.63, 3.8) is 0 Å². The van der Waals surface area contributed by atoms with Crippen molar-refractivity contribution in [2.24, 2.45) is 5.41 Å². The van der Waals surface area contributed by atoms with Gasteiger partial charge in [-0.05, 0) is 43.5 Å². The standard InChI is InChI=1S/C21H17Cl2F3N4O4S/c22-14-3-1-2-4-15(14)35(32,33)19-13(18(31)28-23)5-6-16(27-19)30-11-7-17(29-30)34-12-10-20(8-9-20)21(24,25)26/h1-7,11H,8-10,12H2,(H,28,31). The van der Waals surface area contributed by atoms with Gasteiger partial charge in [-0.3, -0.25) is 9.63 Å². The number of alkyl halides is 3. The molecule has 0 unspecified atom stereocenters. The van der Waals surface area contributed by atoms with Gasteiger partial charge in [0, 0.05) is 24.0 Å². The number of rotatable bonds is 8. The van der Waals surface area contributed by atoms with Crippen LogP contribution in [-0.4, -0.2) is 41.9 Å². The molecule has 0 bridgehead atoms. The number of sulfone groups is 1. The van der Waals surface area contributed by atoms with Crippen molar-refractivity contribution in [1.82, 2.24) is 19.6 Å².